The minimum Gasteiger partial charge on any atom is -0.550 e. The molecule has 9 heteroatoms. The lowest BCUT2D eigenvalue weighted by Gasteiger charge is -2.02. The SMILES string of the molecule is CSc1nc(N)c2c(CC(=O)[O-])[nH]nc2n1.[NH4+]. The van der Waals surface area contributed by atoms with E-state index in [1.807, 2.05) is 6.26 Å². The fraction of sp³-hybridized carbons (Fsp3) is 0.250. The lowest BCUT2D eigenvalue weighted by atomic mass is 10.2. The highest BCUT2D eigenvalue weighted by Gasteiger charge is 2.12. The molecule has 2 aromatic heterocycles. The lowest BCUT2D eigenvalue weighted by molar-refractivity contribution is -0.304. The second kappa shape index (κ2) is 4.97. The van der Waals surface area contributed by atoms with Crippen LogP contribution in [0, 0.1) is 0 Å². The van der Waals surface area contributed by atoms with Crippen LogP contribution in [0.1, 0.15) is 5.69 Å². The molecule has 0 atom stereocenters. The number of quaternary nitrogens is 1. The monoisotopic (exact) mass is 256 g/mol. The number of rotatable bonds is 3. The van der Waals surface area contributed by atoms with Crippen LogP contribution >= 0.6 is 11.8 Å². The molecule has 0 spiro atoms. The molecule has 0 aromatic carbocycles. The minimum absolute atomic E-state index is 0. The first-order valence-corrected chi connectivity index (χ1v) is 5.58. The summed E-state index contributed by atoms with van der Waals surface area (Å²) in [6, 6.07) is 0. The maximum atomic E-state index is 10.5. The average molecular weight is 256 g/mol. The van der Waals surface area contributed by atoms with E-state index in [0.29, 0.717) is 21.9 Å². The number of H-pyrrole nitrogens is 1. The molecule has 0 aliphatic carbocycles. The summed E-state index contributed by atoms with van der Waals surface area (Å²) >= 11 is 1.34. The van der Waals surface area contributed by atoms with E-state index >= 15 is 0 Å². The van der Waals surface area contributed by atoms with E-state index in [9.17, 15) is 9.90 Å². The number of hydrogen-bond donors (Lipinski definition) is 3. The number of fused-ring (bicyclic) bond motifs is 1. The van der Waals surface area contributed by atoms with Crippen molar-refractivity contribution in [1.82, 2.24) is 26.3 Å². The van der Waals surface area contributed by atoms with E-state index in [0.717, 1.165) is 0 Å². The van der Waals surface area contributed by atoms with Crippen LogP contribution in [0.5, 0.6) is 0 Å². The van der Waals surface area contributed by atoms with Crippen molar-refractivity contribution >= 4 is 34.6 Å². The number of nitrogen functional groups attached to an aromatic ring is 1. The van der Waals surface area contributed by atoms with Gasteiger partial charge in [-0.3, -0.25) is 5.10 Å². The number of nitrogens with one attached hydrogen (secondary N) is 1. The summed E-state index contributed by atoms with van der Waals surface area (Å²) in [5.74, 6) is -0.988. The Hall–Kier alpha value is -1.87. The fourth-order valence-electron chi connectivity index (χ4n) is 1.36. The molecular weight excluding hydrogens is 244 g/mol. The van der Waals surface area contributed by atoms with Crippen LogP contribution in [0.4, 0.5) is 5.82 Å². The Labute approximate surface area is 101 Å². The average Bonchev–Trinajstić information content (AvgIpc) is 2.60. The number of hydrogen-bond acceptors (Lipinski definition) is 7. The van der Waals surface area contributed by atoms with Crippen molar-refractivity contribution in [1.29, 1.82) is 0 Å². The van der Waals surface area contributed by atoms with E-state index in [1.165, 1.54) is 11.8 Å². The third-order valence-corrected chi connectivity index (χ3v) is 2.55. The van der Waals surface area contributed by atoms with Gasteiger partial charge in [0.15, 0.2) is 10.8 Å². The zero-order valence-electron chi connectivity index (χ0n) is 9.35. The van der Waals surface area contributed by atoms with Crippen molar-refractivity contribution in [3.63, 3.8) is 0 Å². The van der Waals surface area contributed by atoms with Crippen molar-refractivity contribution in [2.24, 2.45) is 0 Å². The van der Waals surface area contributed by atoms with Crippen molar-refractivity contribution < 1.29 is 9.90 Å². The van der Waals surface area contributed by atoms with E-state index in [4.69, 9.17) is 5.73 Å². The molecule has 17 heavy (non-hydrogen) atoms. The van der Waals surface area contributed by atoms with Gasteiger partial charge in [-0.1, -0.05) is 11.8 Å². The maximum absolute atomic E-state index is 10.5. The van der Waals surface area contributed by atoms with Gasteiger partial charge in [0.05, 0.1) is 11.1 Å². The van der Waals surface area contributed by atoms with Gasteiger partial charge in [0.1, 0.15) is 5.82 Å². The molecule has 92 valence electrons. The van der Waals surface area contributed by atoms with Gasteiger partial charge in [-0.25, -0.2) is 9.97 Å². The highest BCUT2D eigenvalue weighted by Crippen LogP contribution is 2.22. The van der Waals surface area contributed by atoms with Crippen LogP contribution < -0.4 is 17.0 Å². The fourth-order valence-corrected chi connectivity index (χ4v) is 1.72. The number of carboxylic acids is 1. The predicted octanol–water partition coefficient (Wildman–Crippen LogP) is -0.674. The summed E-state index contributed by atoms with van der Waals surface area (Å²) in [5.41, 5.74) is 6.45. The number of nitrogens with two attached hydrogens (primary N) is 1. The van der Waals surface area contributed by atoms with Crippen LogP contribution in [0.25, 0.3) is 11.0 Å². The molecule has 7 N–H and O–H groups in total. The molecule has 2 aromatic rings. The summed E-state index contributed by atoms with van der Waals surface area (Å²) in [5, 5.41) is 17.9. The first kappa shape index (κ1) is 13.2. The quantitative estimate of drug-likeness (QED) is 0.485. The Morgan fingerprint density at radius 2 is 2.24 bits per heavy atom. The first-order chi connectivity index (χ1) is 7.61. The normalized spacial score (nSPS) is 10.2. The van der Waals surface area contributed by atoms with Crippen LogP contribution in [0.15, 0.2) is 5.16 Å². The molecule has 0 unspecified atom stereocenters. The third-order valence-electron chi connectivity index (χ3n) is 2.00. The molecule has 0 aliphatic rings. The van der Waals surface area contributed by atoms with Crippen molar-refractivity contribution in [2.75, 3.05) is 12.0 Å². The summed E-state index contributed by atoms with van der Waals surface area (Å²) in [6.45, 7) is 0. The summed E-state index contributed by atoms with van der Waals surface area (Å²) < 4.78 is 0. The molecular formula is C8H12N6O2S. The summed E-state index contributed by atoms with van der Waals surface area (Å²) in [4.78, 5) is 18.6. The number of aromatic amines is 1. The number of anilines is 1. The van der Waals surface area contributed by atoms with Gasteiger partial charge in [-0.05, 0) is 6.26 Å². The topological polar surface area (TPSA) is 157 Å². The Bertz CT molecular complexity index is 554. The predicted molar refractivity (Wildman–Crippen MR) is 62.6 cm³/mol. The largest absolute Gasteiger partial charge is 0.550 e. The number of aromatic nitrogens is 4. The zero-order valence-corrected chi connectivity index (χ0v) is 10.2. The smallest absolute Gasteiger partial charge is 0.191 e. The van der Waals surface area contributed by atoms with Gasteiger partial charge in [-0.2, -0.15) is 5.10 Å². The van der Waals surface area contributed by atoms with Crippen molar-refractivity contribution in [3.05, 3.63) is 5.69 Å². The Morgan fingerprint density at radius 1 is 1.53 bits per heavy atom. The molecule has 8 nitrogen and oxygen atoms in total. The molecule has 0 saturated carbocycles. The van der Waals surface area contributed by atoms with E-state index in [2.05, 4.69) is 20.2 Å². The van der Waals surface area contributed by atoms with Crippen LogP contribution in [-0.4, -0.2) is 32.4 Å². The van der Waals surface area contributed by atoms with Gasteiger partial charge < -0.3 is 21.8 Å². The van der Waals surface area contributed by atoms with E-state index in [1.54, 1.807) is 0 Å². The number of carboxylic acid groups (broad SMARTS) is 1. The molecule has 0 bridgehead atoms. The molecule has 0 saturated heterocycles. The minimum atomic E-state index is -1.21. The molecule has 2 heterocycles. The molecule has 0 aliphatic heterocycles. The maximum Gasteiger partial charge on any atom is 0.191 e. The lowest BCUT2D eigenvalue weighted by Crippen LogP contribution is -2.24. The standard InChI is InChI=1S/C8H9N5O2S.H3N/c1-16-8-10-6(9)5-3(2-4(14)15)12-13-7(5)11-8;/h2H2,1H3,(H,14,15)(H3,9,10,11,12,13);1H3. The zero-order chi connectivity index (χ0) is 11.7. The Kier molecular flexibility index (Phi) is 3.86. The molecule has 2 rings (SSSR count). The van der Waals surface area contributed by atoms with E-state index < -0.39 is 5.97 Å². The van der Waals surface area contributed by atoms with Crippen LogP contribution in [-0.2, 0) is 11.2 Å². The summed E-state index contributed by atoms with van der Waals surface area (Å²) in [6.07, 6.45) is 1.53. The third kappa shape index (κ3) is 2.45. The Morgan fingerprint density at radius 3 is 2.82 bits per heavy atom. The number of carbonyl (C=O) groups excluding carboxylic acids is 1. The molecule has 0 fully saturated rings. The second-order valence-electron chi connectivity index (χ2n) is 3.05. The van der Waals surface area contributed by atoms with Crippen LogP contribution in [0.3, 0.4) is 0 Å². The van der Waals surface area contributed by atoms with Gasteiger partial charge in [0.2, 0.25) is 0 Å². The van der Waals surface area contributed by atoms with Gasteiger partial charge >= 0.3 is 0 Å². The Balaban J connectivity index is 0.00000144. The highest BCUT2D eigenvalue weighted by molar-refractivity contribution is 7.98. The van der Waals surface area contributed by atoms with Crippen molar-refractivity contribution in [2.45, 2.75) is 11.6 Å². The van der Waals surface area contributed by atoms with Crippen LogP contribution in [0.2, 0.25) is 0 Å². The van der Waals surface area contributed by atoms with E-state index in [-0.39, 0.29) is 18.4 Å². The molecule has 0 radical (unpaired) electrons. The van der Waals surface area contributed by atoms with Crippen molar-refractivity contribution in [3.8, 4) is 0 Å². The number of nitrogens with zero attached hydrogens (tertiary/aromatic N) is 3. The molecule has 0 amide bonds. The first-order valence-electron chi connectivity index (χ1n) is 4.36. The van der Waals surface area contributed by atoms with Gasteiger partial charge in [0, 0.05) is 12.4 Å². The van der Waals surface area contributed by atoms with Gasteiger partial charge in [0.25, 0.3) is 0 Å². The number of aliphatic carboxylic acids is 1. The number of carbonyl (C=O) groups is 1. The number of thioether (sulfide) groups is 1. The highest BCUT2D eigenvalue weighted by atomic mass is 32.2. The summed E-state index contributed by atoms with van der Waals surface area (Å²) in [7, 11) is 0. The van der Waals surface area contributed by atoms with Gasteiger partial charge in [-0.15, -0.1) is 0 Å². The second-order valence-corrected chi connectivity index (χ2v) is 3.82.